The van der Waals surface area contributed by atoms with Gasteiger partial charge in [0.1, 0.15) is 6.29 Å². The van der Waals surface area contributed by atoms with E-state index in [1.165, 1.54) is 5.75 Å². The minimum Gasteiger partial charge on any atom is -0.302 e. The van der Waals surface area contributed by atoms with Crippen LogP contribution in [0.1, 0.15) is 6.42 Å². The van der Waals surface area contributed by atoms with E-state index in [0.717, 1.165) is 12.7 Å². The molecule has 6 heavy (non-hydrogen) atoms. The Morgan fingerprint density at radius 2 is 2.50 bits per heavy atom. The van der Waals surface area contributed by atoms with E-state index in [1.807, 2.05) is 0 Å². The number of thioether (sulfide) groups is 1. The van der Waals surface area contributed by atoms with Gasteiger partial charge in [-0.2, -0.15) is 11.8 Å². The number of rotatable bonds is 1. The van der Waals surface area contributed by atoms with Crippen molar-refractivity contribution in [2.75, 3.05) is 5.75 Å². The number of hydrogen-bond donors (Lipinski definition) is 0. The van der Waals surface area contributed by atoms with Crippen LogP contribution >= 0.6 is 11.8 Å². The summed E-state index contributed by atoms with van der Waals surface area (Å²) in [5.74, 6) is 1.18. The molecule has 1 aliphatic heterocycles. The normalized spacial score (nSPS) is 31.7. The van der Waals surface area contributed by atoms with E-state index in [4.69, 9.17) is 0 Å². The maximum atomic E-state index is 9.77. The monoisotopic (exact) mass is 102 g/mol. The lowest BCUT2D eigenvalue weighted by atomic mass is 10.3. The van der Waals surface area contributed by atoms with E-state index < -0.39 is 0 Å². The van der Waals surface area contributed by atoms with Crippen molar-refractivity contribution in [1.29, 1.82) is 0 Å². The zero-order chi connectivity index (χ0) is 4.41. The third kappa shape index (κ3) is 0.570. The Labute approximate surface area is 41.1 Å². The molecule has 0 aromatic heterocycles. The molecule has 2 heteroatoms. The Bertz CT molecular complexity index is 58.6. The predicted molar refractivity (Wildman–Crippen MR) is 26.9 cm³/mol. The highest BCUT2D eigenvalue weighted by Crippen LogP contribution is 2.24. The van der Waals surface area contributed by atoms with Crippen molar-refractivity contribution in [1.82, 2.24) is 0 Å². The summed E-state index contributed by atoms with van der Waals surface area (Å²) in [5, 5.41) is 0.352. The Balaban J connectivity index is 2.16. The van der Waals surface area contributed by atoms with Gasteiger partial charge < -0.3 is 4.79 Å². The highest BCUT2D eigenvalue weighted by atomic mass is 32.2. The van der Waals surface area contributed by atoms with Gasteiger partial charge in [-0.05, 0) is 12.2 Å². The molecule has 0 aromatic rings. The van der Waals surface area contributed by atoms with E-state index in [1.54, 1.807) is 11.8 Å². The first-order valence-electron chi connectivity index (χ1n) is 2.00. The average Bonchev–Trinajstić information content (AvgIpc) is 1.31. The topological polar surface area (TPSA) is 17.1 Å². The first-order chi connectivity index (χ1) is 2.93. The van der Waals surface area contributed by atoms with Crippen LogP contribution in [-0.4, -0.2) is 17.3 Å². The molecule has 0 spiro atoms. The summed E-state index contributed by atoms with van der Waals surface area (Å²) in [6, 6.07) is 0. The zero-order valence-electron chi connectivity index (χ0n) is 3.39. The van der Waals surface area contributed by atoms with Crippen LogP contribution in [-0.2, 0) is 4.79 Å². The minimum absolute atomic E-state index is 0.352. The average molecular weight is 102 g/mol. The van der Waals surface area contributed by atoms with E-state index in [0.29, 0.717) is 5.25 Å². The van der Waals surface area contributed by atoms with Crippen LogP contribution < -0.4 is 0 Å². The van der Waals surface area contributed by atoms with E-state index >= 15 is 0 Å². The quantitative estimate of drug-likeness (QED) is 0.453. The minimum atomic E-state index is 0.352. The standard InChI is InChI=1S/C4H6OS/c5-3-4-1-2-6-4/h3-4H,1-2H2/t4-/m0/s1. The summed E-state index contributed by atoms with van der Waals surface area (Å²) in [6.45, 7) is 0. The van der Waals surface area contributed by atoms with Gasteiger partial charge in [0.05, 0.1) is 5.25 Å². The zero-order valence-corrected chi connectivity index (χ0v) is 4.20. The Hall–Kier alpha value is 0.0200. The van der Waals surface area contributed by atoms with Crippen molar-refractivity contribution in [2.24, 2.45) is 0 Å². The van der Waals surface area contributed by atoms with Crippen LogP contribution in [0.5, 0.6) is 0 Å². The first kappa shape index (κ1) is 4.19. The van der Waals surface area contributed by atoms with Crippen molar-refractivity contribution < 1.29 is 4.79 Å². The lowest BCUT2D eigenvalue weighted by Gasteiger charge is -2.17. The van der Waals surface area contributed by atoms with Crippen LogP contribution in [0.4, 0.5) is 0 Å². The molecular formula is C4H6OS. The molecule has 0 N–H and O–H groups in total. The fourth-order valence-electron chi connectivity index (χ4n) is 0.361. The molecule has 34 valence electrons. The third-order valence-corrected chi connectivity index (χ3v) is 2.13. The second kappa shape index (κ2) is 1.65. The summed E-state index contributed by atoms with van der Waals surface area (Å²) in [6.07, 6.45) is 2.13. The van der Waals surface area contributed by atoms with E-state index in [-0.39, 0.29) is 0 Å². The number of carbonyl (C=O) groups is 1. The van der Waals surface area contributed by atoms with Crippen LogP contribution in [0, 0.1) is 0 Å². The van der Waals surface area contributed by atoms with Gasteiger partial charge in [-0.15, -0.1) is 0 Å². The summed E-state index contributed by atoms with van der Waals surface area (Å²) >= 11 is 1.74. The summed E-state index contributed by atoms with van der Waals surface area (Å²) in [5.41, 5.74) is 0. The van der Waals surface area contributed by atoms with Crippen LogP contribution in [0.25, 0.3) is 0 Å². The van der Waals surface area contributed by atoms with Crippen molar-refractivity contribution >= 4 is 18.0 Å². The Morgan fingerprint density at radius 3 is 2.50 bits per heavy atom. The van der Waals surface area contributed by atoms with Gasteiger partial charge in [0.15, 0.2) is 0 Å². The molecule has 1 heterocycles. The van der Waals surface area contributed by atoms with Gasteiger partial charge in [0, 0.05) is 0 Å². The van der Waals surface area contributed by atoms with Crippen LogP contribution in [0.3, 0.4) is 0 Å². The van der Waals surface area contributed by atoms with Crippen molar-refractivity contribution in [3.63, 3.8) is 0 Å². The second-order valence-corrected chi connectivity index (χ2v) is 2.68. The fraction of sp³-hybridized carbons (Fsp3) is 0.750. The van der Waals surface area contributed by atoms with Crippen LogP contribution in [0.2, 0.25) is 0 Å². The largest absolute Gasteiger partial charge is 0.302 e. The summed E-state index contributed by atoms with van der Waals surface area (Å²) in [4.78, 5) is 9.77. The molecular weight excluding hydrogens is 96.1 g/mol. The van der Waals surface area contributed by atoms with Gasteiger partial charge in [-0.25, -0.2) is 0 Å². The number of hydrogen-bond acceptors (Lipinski definition) is 2. The smallest absolute Gasteiger partial charge is 0.132 e. The third-order valence-electron chi connectivity index (χ3n) is 0.886. The maximum Gasteiger partial charge on any atom is 0.132 e. The van der Waals surface area contributed by atoms with Crippen molar-refractivity contribution in [2.45, 2.75) is 11.7 Å². The second-order valence-electron chi connectivity index (χ2n) is 1.33. The van der Waals surface area contributed by atoms with E-state index in [2.05, 4.69) is 0 Å². The number of aldehydes is 1. The Morgan fingerprint density at radius 1 is 1.83 bits per heavy atom. The van der Waals surface area contributed by atoms with E-state index in [9.17, 15) is 4.79 Å². The molecule has 0 unspecified atom stereocenters. The lowest BCUT2D eigenvalue weighted by Crippen LogP contribution is -2.15. The van der Waals surface area contributed by atoms with Crippen molar-refractivity contribution in [3.8, 4) is 0 Å². The molecule has 0 saturated carbocycles. The molecule has 1 saturated heterocycles. The SMILES string of the molecule is O=C[C@@H]1CCS1. The van der Waals surface area contributed by atoms with Gasteiger partial charge in [-0.1, -0.05) is 0 Å². The molecule has 1 aliphatic rings. The molecule has 0 aliphatic carbocycles. The first-order valence-corrected chi connectivity index (χ1v) is 3.05. The maximum absolute atomic E-state index is 9.77. The number of carbonyl (C=O) groups excluding carboxylic acids is 1. The fourth-order valence-corrected chi connectivity index (χ4v) is 0.948. The summed E-state index contributed by atoms with van der Waals surface area (Å²) < 4.78 is 0. The van der Waals surface area contributed by atoms with Gasteiger partial charge in [-0.3, -0.25) is 0 Å². The molecule has 0 aromatic carbocycles. The van der Waals surface area contributed by atoms with Gasteiger partial charge in [0.25, 0.3) is 0 Å². The highest BCUT2D eigenvalue weighted by molar-refractivity contribution is 8.01. The highest BCUT2D eigenvalue weighted by Gasteiger charge is 2.15. The Kier molecular flexibility index (Phi) is 1.15. The molecule has 1 fully saturated rings. The molecule has 0 radical (unpaired) electrons. The van der Waals surface area contributed by atoms with Gasteiger partial charge in [0.2, 0.25) is 0 Å². The van der Waals surface area contributed by atoms with Crippen LogP contribution in [0.15, 0.2) is 0 Å². The molecule has 1 atom stereocenters. The molecule has 1 rings (SSSR count). The molecule has 1 nitrogen and oxygen atoms in total. The summed E-state index contributed by atoms with van der Waals surface area (Å²) in [7, 11) is 0. The lowest BCUT2D eigenvalue weighted by molar-refractivity contribution is -0.107. The predicted octanol–water partition coefficient (Wildman–Crippen LogP) is 0.691. The molecule has 0 bridgehead atoms. The molecule has 0 amide bonds. The van der Waals surface area contributed by atoms with Crippen molar-refractivity contribution in [3.05, 3.63) is 0 Å². The van der Waals surface area contributed by atoms with Gasteiger partial charge >= 0.3 is 0 Å².